The van der Waals surface area contributed by atoms with Crippen LogP contribution in [0.15, 0.2) is 23.3 Å². The van der Waals surface area contributed by atoms with Crippen LogP contribution in [0.1, 0.15) is 39.5 Å². The Balaban J connectivity index is 1.83. The normalized spacial score (nSPS) is 27.7. The number of nitrogens with zero attached hydrogens (tertiary/aromatic N) is 1. The van der Waals surface area contributed by atoms with Crippen molar-refractivity contribution in [2.45, 2.75) is 39.5 Å². The molecule has 1 aliphatic heterocycles. The molecule has 1 heterocycles. The number of hydrogen-bond acceptors (Lipinski definition) is 1. The molecule has 0 N–H and O–H groups in total. The molecule has 15 heavy (non-hydrogen) atoms. The summed E-state index contributed by atoms with van der Waals surface area (Å²) >= 11 is 0. The van der Waals surface area contributed by atoms with E-state index in [0.29, 0.717) is 0 Å². The van der Waals surface area contributed by atoms with Crippen molar-refractivity contribution in [2.75, 3.05) is 19.6 Å². The van der Waals surface area contributed by atoms with Crippen LogP contribution in [0.2, 0.25) is 0 Å². The van der Waals surface area contributed by atoms with Crippen molar-refractivity contribution in [1.82, 2.24) is 4.90 Å². The summed E-state index contributed by atoms with van der Waals surface area (Å²) in [6.45, 7) is 8.55. The summed E-state index contributed by atoms with van der Waals surface area (Å²) in [6, 6.07) is 0. The third kappa shape index (κ3) is 2.94. The average Bonchev–Trinajstić information content (AvgIpc) is 2.69. The molecule has 0 saturated carbocycles. The summed E-state index contributed by atoms with van der Waals surface area (Å²) < 4.78 is 0. The highest BCUT2D eigenvalue weighted by molar-refractivity contribution is 5.25. The van der Waals surface area contributed by atoms with Crippen molar-refractivity contribution >= 4 is 0 Å². The minimum atomic E-state index is 0.776. The van der Waals surface area contributed by atoms with E-state index in [9.17, 15) is 0 Å². The molecule has 1 aliphatic carbocycles. The maximum absolute atomic E-state index is 2.61. The third-order valence-electron chi connectivity index (χ3n) is 3.76. The van der Waals surface area contributed by atoms with E-state index in [0.717, 1.165) is 5.92 Å². The molecule has 0 aromatic carbocycles. The van der Waals surface area contributed by atoms with Crippen LogP contribution in [-0.2, 0) is 0 Å². The van der Waals surface area contributed by atoms with Crippen molar-refractivity contribution in [2.24, 2.45) is 5.92 Å². The molecule has 1 fully saturated rings. The van der Waals surface area contributed by atoms with Crippen LogP contribution in [0.3, 0.4) is 0 Å². The SMILES string of the molecule is CC1=CC=C(CCN2CCCC2)C(C)C1. The second-order valence-electron chi connectivity index (χ2n) is 5.16. The molecular weight excluding hydrogens is 182 g/mol. The van der Waals surface area contributed by atoms with Crippen molar-refractivity contribution in [3.63, 3.8) is 0 Å². The predicted molar refractivity (Wildman–Crippen MR) is 65.9 cm³/mol. The lowest BCUT2D eigenvalue weighted by atomic mass is 9.87. The first-order valence-electron chi connectivity index (χ1n) is 6.34. The summed E-state index contributed by atoms with van der Waals surface area (Å²) in [6.07, 6.45) is 10.0. The van der Waals surface area contributed by atoms with Crippen LogP contribution in [0.5, 0.6) is 0 Å². The minimum absolute atomic E-state index is 0.776. The van der Waals surface area contributed by atoms with Crippen LogP contribution in [0, 0.1) is 5.92 Å². The molecule has 0 aromatic heterocycles. The molecule has 0 radical (unpaired) electrons. The van der Waals surface area contributed by atoms with Gasteiger partial charge in [-0.25, -0.2) is 0 Å². The first-order chi connectivity index (χ1) is 7.25. The molecule has 1 heteroatoms. The second kappa shape index (κ2) is 4.98. The summed E-state index contributed by atoms with van der Waals surface area (Å²) in [4.78, 5) is 2.61. The van der Waals surface area contributed by atoms with Gasteiger partial charge in [0.15, 0.2) is 0 Å². The van der Waals surface area contributed by atoms with E-state index in [1.165, 1.54) is 50.9 Å². The van der Waals surface area contributed by atoms with Crippen molar-refractivity contribution in [3.05, 3.63) is 23.3 Å². The lowest BCUT2D eigenvalue weighted by Crippen LogP contribution is -2.22. The topological polar surface area (TPSA) is 3.24 Å². The summed E-state index contributed by atoms with van der Waals surface area (Å²) in [5.74, 6) is 0.776. The Kier molecular flexibility index (Phi) is 3.63. The van der Waals surface area contributed by atoms with E-state index in [4.69, 9.17) is 0 Å². The van der Waals surface area contributed by atoms with Crippen LogP contribution < -0.4 is 0 Å². The van der Waals surface area contributed by atoms with Gasteiger partial charge < -0.3 is 4.90 Å². The highest BCUT2D eigenvalue weighted by Gasteiger charge is 2.15. The zero-order chi connectivity index (χ0) is 10.7. The average molecular weight is 205 g/mol. The van der Waals surface area contributed by atoms with Crippen molar-refractivity contribution in [1.29, 1.82) is 0 Å². The van der Waals surface area contributed by atoms with Gasteiger partial charge in [-0.1, -0.05) is 30.2 Å². The van der Waals surface area contributed by atoms with Crippen LogP contribution in [-0.4, -0.2) is 24.5 Å². The molecule has 2 aliphatic rings. The molecule has 84 valence electrons. The number of allylic oxidation sites excluding steroid dienone is 3. The zero-order valence-corrected chi connectivity index (χ0v) is 10.1. The molecule has 0 bridgehead atoms. The molecule has 1 unspecified atom stereocenters. The number of rotatable bonds is 3. The quantitative estimate of drug-likeness (QED) is 0.682. The Morgan fingerprint density at radius 2 is 2.00 bits per heavy atom. The third-order valence-corrected chi connectivity index (χ3v) is 3.76. The Morgan fingerprint density at radius 3 is 2.67 bits per heavy atom. The van der Waals surface area contributed by atoms with Gasteiger partial charge in [-0.05, 0) is 51.6 Å². The van der Waals surface area contributed by atoms with Crippen LogP contribution in [0.25, 0.3) is 0 Å². The molecule has 1 nitrogen and oxygen atoms in total. The molecule has 0 spiro atoms. The fraction of sp³-hybridized carbons (Fsp3) is 0.714. The monoisotopic (exact) mass is 205 g/mol. The highest BCUT2D eigenvalue weighted by Crippen LogP contribution is 2.27. The first kappa shape index (κ1) is 10.9. The van der Waals surface area contributed by atoms with E-state index in [1.807, 2.05) is 0 Å². The fourth-order valence-electron chi connectivity index (χ4n) is 2.72. The molecule has 2 rings (SSSR count). The highest BCUT2D eigenvalue weighted by atomic mass is 15.1. The van der Waals surface area contributed by atoms with Gasteiger partial charge in [0.25, 0.3) is 0 Å². The van der Waals surface area contributed by atoms with E-state index in [1.54, 1.807) is 5.57 Å². The Labute approximate surface area is 93.9 Å². The summed E-state index contributed by atoms with van der Waals surface area (Å²) in [5.41, 5.74) is 3.19. The lowest BCUT2D eigenvalue weighted by molar-refractivity contribution is 0.338. The van der Waals surface area contributed by atoms with Crippen molar-refractivity contribution < 1.29 is 0 Å². The van der Waals surface area contributed by atoms with Gasteiger partial charge in [0, 0.05) is 6.54 Å². The maximum atomic E-state index is 2.61. The zero-order valence-electron chi connectivity index (χ0n) is 10.1. The minimum Gasteiger partial charge on any atom is -0.303 e. The van der Waals surface area contributed by atoms with Gasteiger partial charge in [-0.3, -0.25) is 0 Å². The second-order valence-corrected chi connectivity index (χ2v) is 5.16. The first-order valence-corrected chi connectivity index (χ1v) is 6.34. The van der Waals surface area contributed by atoms with Crippen LogP contribution in [0.4, 0.5) is 0 Å². The van der Waals surface area contributed by atoms with Crippen LogP contribution >= 0.6 is 0 Å². The van der Waals surface area contributed by atoms with Gasteiger partial charge in [0.1, 0.15) is 0 Å². The molecule has 0 aromatic rings. The summed E-state index contributed by atoms with van der Waals surface area (Å²) in [5, 5.41) is 0. The molecule has 0 amide bonds. The number of likely N-dealkylation sites (tertiary alicyclic amines) is 1. The lowest BCUT2D eigenvalue weighted by Gasteiger charge is -2.22. The van der Waals surface area contributed by atoms with Crippen molar-refractivity contribution in [3.8, 4) is 0 Å². The number of hydrogen-bond donors (Lipinski definition) is 0. The van der Waals surface area contributed by atoms with E-state index in [2.05, 4.69) is 30.9 Å². The van der Waals surface area contributed by atoms with Gasteiger partial charge in [-0.2, -0.15) is 0 Å². The summed E-state index contributed by atoms with van der Waals surface area (Å²) in [7, 11) is 0. The van der Waals surface area contributed by atoms with E-state index >= 15 is 0 Å². The molecular formula is C14H23N. The Hall–Kier alpha value is -0.560. The Bertz CT molecular complexity index is 269. The predicted octanol–water partition coefficient (Wildman–Crippen LogP) is 3.38. The Morgan fingerprint density at radius 1 is 1.27 bits per heavy atom. The largest absolute Gasteiger partial charge is 0.303 e. The maximum Gasteiger partial charge on any atom is 0.00188 e. The van der Waals surface area contributed by atoms with E-state index in [-0.39, 0.29) is 0 Å². The van der Waals surface area contributed by atoms with Gasteiger partial charge >= 0.3 is 0 Å². The molecule has 1 saturated heterocycles. The smallest absolute Gasteiger partial charge is 0.00188 e. The van der Waals surface area contributed by atoms with E-state index < -0.39 is 0 Å². The van der Waals surface area contributed by atoms with Gasteiger partial charge in [0.05, 0.1) is 0 Å². The standard InChI is InChI=1S/C14H23N/c1-12-5-6-14(13(2)11-12)7-10-15-8-3-4-9-15/h5-6,13H,3-4,7-11H2,1-2H3. The molecule has 1 atom stereocenters. The van der Waals surface area contributed by atoms with Gasteiger partial charge in [0.2, 0.25) is 0 Å². The van der Waals surface area contributed by atoms with Gasteiger partial charge in [-0.15, -0.1) is 0 Å². The fourth-order valence-corrected chi connectivity index (χ4v) is 2.72.